The van der Waals surface area contributed by atoms with E-state index in [2.05, 4.69) is 20.8 Å². The second-order valence-electron chi connectivity index (χ2n) is 5.28. The highest BCUT2D eigenvalue weighted by Crippen LogP contribution is 2.36. The van der Waals surface area contributed by atoms with Crippen LogP contribution in [0.5, 0.6) is 11.5 Å². The third-order valence-electron chi connectivity index (χ3n) is 3.83. The Balaban J connectivity index is 1.74. The van der Waals surface area contributed by atoms with E-state index in [-0.39, 0.29) is 5.75 Å². The molecule has 0 aliphatic carbocycles. The van der Waals surface area contributed by atoms with Crippen LogP contribution in [0, 0.1) is 0 Å². The van der Waals surface area contributed by atoms with Gasteiger partial charge in [-0.05, 0) is 46.5 Å². The number of aromatic hydroxyl groups is 1. The average molecular weight is 328 g/mol. The van der Waals surface area contributed by atoms with E-state index in [1.807, 2.05) is 12.1 Å². The van der Waals surface area contributed by atoms with Gasteiger partial charge in [0.1, 0.15) is 0 Å². The zero-order valence-corrected chi connectivity index (χ0v) is 12.5. The molecule has 2 aliphatic heterocycles. The van der Waals surface area contributed by atoms with E-state index in [0.29, 0.717) is 22.4 Å². The third-order valence-corrected chi connectivity index (χ3v) is 4.44. The first-order valence-electron chi connectivity index (χ1n) is 6.59. The van der Waals surface area contributed by atoms with Gasteiger partial charge in [-0.15, -0.1) is 0 Å². The van der Waals surface area contributed by atoms with Gasteiger partial charge in [0.15, 0.2) is 11.5 Å². The van der Waals surface area contributed by atoms with Crippen molar-refractivity contribution in [3.05, 3.63) is 22.2 Å². The van der Waals surface area contributed by atoms with E-state index in [4.69, 9.17) is 9.47 Å². The van der Waals surface area contributed by atoms with Gasteiger partial charge < -0.3 is 14.6 Å². The van der Waals surface area contributed by atoms with Crippen molar-refractivity contribution in [3.63, 3.8) is 0 Å². The van der Waals surface area contributed by atoms with E-state index in [1.54, 1.807) is 7.11 Å². The molecule has 1 aromatic carbocycles. The van der Waals surface area contributed by atoms with Crippen LogP contribution in [-0.4, -0.2) is 42.4 Å². The lowest BCUT2D eigenvalue weighted by atomic mass is 10.1. The number of halogens is 1. The summed E-state index contributed by atoms with van der Waals surface area (Å²) in [6, 6.07) is 3.85. The Morgan fingerprint density at radius 2 is 2.05 bits per heavy atom. The Kier molecular flexibility index (Phi) is 3.69. The molecule has 1 aromatic rings. The molecule has 4 nitrogen and oxygen atoms in total. The van der Waals surface area contributed by atoms with Gasteiger partial charge in [0.2, 0.25) is 0 Å². The maximum absolute atomic E-state index is 9.82. The number of phenolic OH excluding ortho intramolecular Hbond substituents is 1. The maximum atomic E-state index is 9.82. The largest absolute Gasteiger partial charge is 0.503 e. The van der Waals surface area contributed by atoms with Gasteiger partial charge in [-0.1, -0.05) is 0 Å². The topological polar surface area (TPSA) is 41.9 Å². The molecule has 2 bridgehead atoms. The number of benzene rings is 1. The summed E-state index contributed by atoms with van der Waals surface area (Å²) >= 11 is 3.37. The molecule has 19 heavy (non-hydrogen) atoms. The Morgan fingerprint density at radius 3 is 2.68 bits per heavy atom. The number of fused-ring (bicyclic) bond motifs is 2. The van der Waals surface area contributed by atoms with Crippen molar-refractivity contribution in [2.24, 2.45) is 0 Å². The van der Waals surface area contributed by atoms with Crippen molar-refractivity contribution in [2.75, 3.05) is 20.2 Å². The number of rotatable bonds is 3. The van der Waals surface area contributed by atoms with Crippen LogP contribution in [0.15, 0.2) is 16.6 Å². The summed E-state index contributed by atoms with van der Waals surface area (Å²) in [5.74, 6) is 0.675. The van der Waals surface area contributed by atoms with Gasteiger partial charge in [-0.25, -0.2) is 0 Å². The van der Waals surface area contributed by atoms with Crippen molar-refractivity contribution < 1.29 is 14.6 Å². The molecular weight excluding hydrogens is 310 g/mol. The number of nitrogens with zero attached hydrogens (tertiary/aromatic N) is 1. The van der Waals surface area contributed by atoms with Gasteiger partial charge in [0.25, 0.3) is 0 Å². The summed E-state index contributed by atoms with van der Waals surface area (Å²) in [6.07, 6.45) is 3.18. The smallest absolute Gasteiger partial charge is 0.172 e. The highest BCUT2D eigenvalue weighted by molar-refractivity contribution is 9.10. The fourth-order valence-electron chi connectivity index (χ4n) is 2.96. The molecule has 1 N–H and O–H groups in total. The van der Waals surface area contributed by atoms with Crippen molar-refractivity contribution in [1.29, 1.82) is 0 Å². The lowest BCUT2D eigenvalue weighted by Crippen LogP contribution is -2.41. The van der Waals surface area contributed by atoms with E-state index in [1.165, 1.54) is 12.8 Å². The highest BCUT2D eigenvalue weighted by atomic mass is 79.9. The van der Waals surface area contributed by atoms with E-state index >= 15 is 0 Å². The van der Waals surface area contributed by atoms with Crippen LogP contribution in [0.25, 0.3) is 0 Å². The van der Waals surface area contributed by atoms with Crippen molar-refractivity contribution >= 4 is 15.9 Å². The Hall–Kier alpha value is -0.780. The molecular formula is C14H18BrNO3. The van der Waals surface area contributed by atoms with E-state index < -0.39 is 0 Å². The van der Waals surface area contributed by atoms with Crippen LogP contribution in [0.1, 0.15) is 18.4 Å². The van der Waals surface area contributed by atoms with Crippen LogP contribution in [0.2, 0.25) is 0 Å². The fraction of sp³-hybridized carbons (Fsp3) is 0.571. The van der Waals surface area contributed by atoms with Gasteiger partial charge in [-0.2, -0.15) is 0 Å². The van der Waals surface area contributed by atoms with E-state index in [9.17, 15) is 5.11 Å². The molecule has 2 saturated heterocycles. The number of methoxy groups -OCH3 is 1. The second kappa shape index (κ2) is 5.31. The van der Waals surface area contributed by atoms with Gasteiger partial charge in [-0.3, -0.25) is 4.90 Å². The van der Waals surface area contributed by atoms with Crippen LogP contribution in [0.3, 0.4) is 0 Å². The summed E-state index contributed by atoms with van der Waals surface area (Å²) in [7, 11) is 1.57. The second-order valence-corrected chi connectivity index (χ2v) is 6.13. The minimum absolute atomic E-state index is 0.160. The Bertz CT molecular complexity index is 468. The van der Waals surface area contributed by atoms with Gasteiger partial charge in [0.05, 0.1) is 23.8 Å². The number of phenols is 1. The minimum Gasteiger partial charge on any atom is -0.503 e. The summed E-state index contributed by atoms with van der Waals surface area (Å²) in [6.45, 7) is 2.86. The molecule has 2 heterocycles. The molecule has 0 radical (unpaired) electrons. The number of hydrogen-bond donors (Lipinski definition) is 1. The predicted molar refractivity (Wildman–Crippen MR) is 75.5 cm³/mol. The molecule has 5 heteroatoms. The number of likely N-dealkylation sites (tertiary alicyclic amines) is 1. The normalized spacial score (nSPS) is 26.6. The summed E-state index contributed by atoms with van der Waals surface area (Å²) in [4.78, 5) is 2.42. The SMILES string of the molecule is COc1cc(CN2CC3CCC(C2)O3)cc(Br)c1O. The van der Waals surface area contributed by atoms with E-state index in [0.717, 1.165) is 25.2 Å². The summed E-state index contributed by atoms with van der Waals surface area (Å²) < 4.78 is 11.7. The zero-order chi connectivity index (χ0) is 13.4. The molecule has 0 spiro atoms. The first-order chi connectivity index (χ1) is 9.15. The maximum Gasteiger partial charge on any atom is 0.172 e. The quantitative estimate of drug-likeness (QED) is 0.926. The minimum atomic E-state index is 0.160. The lowest BCUT2D eigenvalue weighted by molar-refractivity contribution is -0.0410. The fourth-order valence-corrected chi connectivity index (χ4v) is 3.45. The molecule has 0 amide bonds. The van der Waals surface area contributed by atoms with Crippen LogP contribution in [-0.2, 0) is 11.3 Å². The predicted octanol–water partition coefficient (Wildman–Crippen LogP) is 2.53. The zero-order valence-electron chi connectivity index (χ0n) is 10.9. The monoisotopic (exact) mass is 327 g/mol. The van der Waals surface area contributed by atoms with Crippen molar-refractivity contribution in [2.45, 2.75) is 31.6 Å². The molecule has 2 fully saturated rings. The summed E-state index contributed by atoms with van der Waals surface area (Å²) in [5, 5.41) is 9.82. The first-order valence-corrected chi connectivity index (χ1v) is 7.38. The summed E-state index contributed by atoms with van der Waals surface area (Å²) in [5.41, 5.74) is 1.14. The molecule has 2 atom stereocenters. The van der Waals surface area contributed by atoms with Gasteiger partial charge >= 0.3 is 0 Å². The molecule has 0 aromatic heterocycles. The Labute approximate surface area is 121 Å². The Morgan fingerprint density at radius 1 is 1.37 bits per heavy atom. The van der Waals surface area contributed by atoms with Crippen LogP contribution >= 0.6 is 15.9 Å². The first kappa shape index (κ1) is 13.2. The third kappa shape index (κ3) is 2.73. The number of morpholine rings is 1. The van der Waals surface area contributed by atoms with Gasteiger partial charge in [0, 0.05) is 19.6 Å². The number of ether oxygens (including phenoxy) is 2. The van der Waals surface area contributed by atoms with Crippen molar-refractivity contribution in [1.82, 2.24) is 4.90 Å². The van der Waals surface area contributed by atoms with Crippen molar-refractivity contribution in [3.8, 4) is 11.5 Å². The molecule has 3 rings (SSSR count). The molecule has 2 aliphatic rings. The average Bonchev–Trinajstić information content (AvgIpc) is 2.73. The number of hydrogen-bond acceptors (Lipinski definition) is 4. The molecule has 104 valence electrons. The van der Waals surface area contributed by atoms with Crippen LogP contribution in [0.4, 0.5) is 0 Å². The molecule has 2 unspecified atom stereocenters. The standard InChI is InChI=1S/C14H18BrNO3/c1-18-13-5-9(4-12(15)14(13)17)6-16-7-10-2-3-11(8-16)19-10/h4-5,10-11,17H,2-3,6-8H2,1H3. The lowest BCUT2D eigenvalue weighted by Gasteiger charge is -2.32. The highest BCUT2D eigenvalue weighted by Gasteiger charge is 2.33. The molecule has 0 saturated carbocycles. The van der Waals surface area contributed by atoms with Crippen LogP contribution < -0.4 is 4.74 Å².